The van der Waals surface area contributed by atoms with Gasteiger partial charge < -0.3 is 10.5 Å². The molecule has 1 aromatic carbocycles. The first kappa shape index (κ1) is 12.9. The van der Waals surface area contributed by atoms with E-state index < -0.39 is 5.82 Å². The van der Waals surface area contributed by atoms with Crippen LogP contribution in [0.3, 0.4) is 0 Å². The third-order valence-electron chi connectivity index (χ3n) is 2.33. The molecule has 0 radical (unpaired) electrons. The van der Waals surface area contributed by atoms with Crippen molar-refractivity contribution in [2.75, 3.05) is 13.7 Å². The summed E-state index contributed by atoms with van der Waals surface area (Å²) in [5.74, 6) is -1.03. The molecule has 0 aliphatic rings. The number of carbonyl (C=O) groups excluding carboxylic acids is 1. The zero-order valence-electron chi connectivity index (χ0n) is 8.87. The minimum absolute atomic E-state index is 0.137. The summed E-state index contributed by atoms with van der Waals surface area (Å²) in [6.07, 6.45) is 0.137. The lowest BCUT2D eigenvalue weighted by atomic mass is 9.96. The van der Waals surface area contributed by atoms with Crippen molar-refractivity contribution in [1.29, 1.82) is 0 Å². The first-order valence-corrected chi connectivity index (χ1v) is 5.18. The Morgan fingerprint density at radius 2 is 2.31 bits per heavy atom. The normalized spacial score (nSPS) is 12.2. The van der Waals surface area contributed by atoms with Crippen molar-refractivity contribution in [2.45, 2.75) is 12.3 Å². The lowest BCUT2D eigenvalue weighted by Gasteiger charge is -2.15. The third-order valence-corrected chi connectivity index (χ3v) is 2.65. The summed E-state index contributed by atoms with van der Waals surface area (Å²) in [7, 11) is 1.31. The fourth-order valence-electron chi connectivity index (χ4n) is 1.44. The van der Waals surface area contributed by atoms with Crippen LogP contribution >= 0.6 is 11.6 Å². The van der Waals surface area contributed by atoms with Crippen LogP contribution in [0.4, 0.5) is 4.39 Å². The van der Waals surface area contributed by atoms with E-state index in [4.69, 9.17) is 17.3 Å². The lowest BCUT2D eigenvalue weighted by Crippen LogP contribution is -2.17. The first-order chi connectivity index (χ1) is 7.58. The Hall–Kier alpha value is -1.13. The van der Waals surface area contributed by atoms with Gasteiger partial charge in [0.25, 0.3) is 0 Å². The van der Waals surface area contributed by atoms with Gasteiger partial charge in [-0.05, 0) is 24.2 Å². The van der Waals surface area contributed by atoms with Gasteiger partial charge in [-0.3, -0.25) is 4.79 Å². The first-order valence-electron chi connectivity index (χ1n) is 4.80. The van der Waals surface area contributed by atoms with Crippen LogP contribution in [0.2, 0.25) is 5.02 Å². The maximum absolute atomic E-state index is 12.8. The maximum atomic E-state index is 12.8. The van der Waals surface area contributed by atoms with Crippen LogP contribution in [0.1, 0.15) is 17.9 Å². The molecule has 0 amide bonds. The van der Waals surface area contributed by atoms with E-state index in [-0.39, 0.29) is 29.9 Å². The molecule has 1 atom stereocenters. The Labute approximate surface area is 98.3 Å². The fourth-order valence-corrected chi connectivity index (χ4v) is 1.76. The van der Waals surface area contributed by atoms with Crippen LogP contribution in [-0.4, -0.2) is 19.6 Å². The molecule has 0 fully saturated rings. The molecule has 0 aliphatic carbocycles. The van der Waals surface area contributed by atoms with Crippen molar-refractivity contribution in [3.05, 3.63) is 34.6 Å². The molecular weight excluding hydrogens is 233 g/mol. The van der Waals surface area contributed by atoms with Gasteiger partial charge in [0.15, 0.2) is 0 Å². The number of esters is 1. The Balaban J connectivity index is 2.90. The highest BCUT2D eigenvalue weighted by molar-refractivity contribution is 6.31. The summed E-state index contributed by atoms with van der Waals surface area (Å²) < 4.78 is 17.4. The van der Waals surface area contributed by atoms with Crippen molar-refractivity contribution >= 4 is 17.6 Å². The third kappa shape index (κ3) is 3.18. The van der Waals surface area contributed by atoms with Crippen LogP contribution in [0.25, 0.3) is 0 Å². The van der Waals surface area contributed by atoms with Crippen LogP contribution in [0.15, 0.2) is 18.2 Å². The Morgan fingerprint density at radius 1 is 1.62 bits per heavy atom. The predicted octanol–water partition coefficient (Wildman–Crippen LogP) is 2.08. The summed E-state index contributed by atoms with van der Waals surface area (Å²) in [5.41, 5.74) is 6.22. The van der Waals surface area contributed by atoms with Gasteiger partial charge in [-0.1, -0.05) is 17.7 Å². The van der Waals surface area contributed by atoms with Gasteiger partial charge in [0.2, 0.25) is 0 Å². The zero-order valence-corrected chi connectivity index (χ0v) is 9.63. The van der Waals surface area contributed by atoms with E-state index in [2.05, 4.69) is 4.74 Å². The average Bonchev–Trinajstić information content (AvgIpc) is 2.26. The summed E-state index contributed by atoms with van der Waals surface area (Å²) in [6.45, 7) is 0.250. The van der Waals surface area contributed by atoms with Crippen LogP contribution in [0, 0.1) is 5.82 Å². The average molecular weight is 246 g/mol. The van der Waals surface area contributed by atoms with Crippen molar-refractivity contribution in [2.24, 2.45) is 5.73 Å². The summed E-state index contributed by atoms with van der Waals surface area (Å²) in [5, 5.41) is 0.277. The van der Waals surface area contributed by atoms with Gasteiger partial charge in [-0.2, -0.15) is 0 Å². The number of hydrogen-bond donors (Lipinski definition) is 1. The minimum Gasteiger partial charge on any atom is -0.469 e. The van der Waals surface area contributed by atoms with Gasteiger partial charge >= 0.3 is 5.97 Å². The van der Waals surface area contributed by atoms with Crippen LogP contribution < -0.4 is 5.73 Å². The number of hydrogen-bond acceptors (Lipinski definition) is 3. The van der Waals surface area contributed by atoms with Gasteiger partial charge in [-0.25, -0.2) is 4.39 Å². The minimum atomic E-state index is -0.414. The molecule has 3 nitrogen and oxygen atoms in total. The van der Waals surface area contributed by atoms with Crippen molar-refractivity contribution in [3.63, 3.8) is 0 Å². The number of carbonyl (C=O) groups is 1. The summed E-state index contributed by atoms with van der Waals surface area (Å²) in [6, 6.07) is 4.04. The number of ether oxygens (including phenoxy) is 1. The van der Waals surface area contributed by atoms with Gasteiger partial charge in [-0.15, -0.1) is 0 Å². The molecule has 5 heteroatoms. The second-order valence-electron chi connectivity index (χ2n) is 3.38. The molecule has 1 rings (SSSR count). The smallest absolute Gasteiger partial charge is 0.306 e. The Kier molecular flexibility index (Phi) is 4.71. The van der Waals surface area contributed by atoms with E-state index in [9.17, 15) is 9.18 Å². The molecule has 0 spiro atoms. The van der Waals surface area contributed by atoms with Crippen LogP contribution in [0.5, 0.6) is 0 Å². The van der Waals surface area contributed by atoms with E-state index in [1.807, 2.05) is 0 Å². The second kappa shape index (κ2) is 5.82. The number of nitrogens with two attached hydrogens (primary N) is 1. The van der Waals surface area contributed by atoms with Crippen molar-refractivity contribution in [3.8, 4) is 0 Å². The predicted molar refractivity (Wildman–Crippen MR) is 59.8 cm³/mol. The molecule has 2 N–H and O–H groups in total. The molecule has 0 saturated heterocycles. The molecule has 0 bridgehead atoms. The van der Waals surface area contributed by atoms with E-state index in [1.54, 1.807) is 0 Å². The van der Waals surface area contributed by atoms with E-state index in [1.165, 1.54) is 25.3 Å². The number of rotatable bonds is 4. The number of methoxy groups -OCH3 is 1. The van der Waals surface area contributed by atoms with E-state index in [0.717, 1.165) is 0 Å². The SMILES string of the molecule is COC(=O)CC(CN)c1ccc(F)cc1Cl. The lowest BCUT2D eigenvalue weighted by molar-refractivity contribution is -0.141. The highest BCUT2D eigenvalue weighted by atomic mass is 35.5. The fraction of sp³-hybridized carbons (Fsp3) is 0.364. The van der Waals surface area contributed by atoms with Gasteiger partial charge in [0.1, 0.15) is 5.82 Å². The van der Waals surface area contributed by atoms with Crippen molar-refractivity contribution < 1.29 is 13.9 Å². The van der Waals surface area contributed by atoms with E-state index >= 15 is 0 Å². The molecule has 1 aromatic rings. The molecule has 0 aromatic heterocycles. The van der Waals surface area contributed by atoms with Crippen molar-refractivity contribution in [1.82, 2.24) is 0 Å². The summed E-state index contributed by atoms with van der Waals surface area (Å²) >= 11 is 5.88. The molecule has 1 unspecified atom stereocenters. The molecule has 88 valence electrons. The Bertz CT molecular complexity index is 384. The molecule has 0 heterocycles. The highest BCUT2D eigenvalue weighted by Gasteiger charge is 2.17. The largest absolute Gasteiger partial charge is 0.469 e. The quantitative estimate of drug-likeness (QED) is 0.827. The van der Waals surface area contributed by atoms with Crippen LogP contribution in [-0.2, 0) is 9.53 Å². The standard InChI is InChI=1S/C11H13ClFNO2/c1-16-11(15)4-7(6-14)9-3-2-8(13)5-10(9)12/h2-3,5,7H,4,6,14H2,1H3. The topological polar surface area (TPSA) is 52.3 Å². The molecule has 16 heavy (non-hydrogen) atoms. The molecule has 0 aliphatic heterocycles. The molecule has 0 saturated carbocycles. The number of halogens is 2. The number of benzene rings is 1. The van der Waals surface area contributed by atoms with Gasteiger partial charge in [0, 0.05) is 10.9 Å². The summed E-state index contributed by atoms with van der Waals surface area (Å²) in [4.78, 5) is 11.1. The van der Waals surface area contributed by atoms with E-state index in [0.29, 0.717) is 5.56 Å². The molecular formula is C11H13ClFNO2. The maximum Gasteiger partial charge on any atom is 0.306 e. The second-order valence-corrected chi connectivity index (χ2v) is 3.79. The van der Waals surface area contributed by atoms with Gasteiger partial charge in [0.05, 0.1) is 13.5 Å². The highest BCUT2D eigenvalue weighted by Crippen LogP contribution is 2.27. The monoisotopic (exact) mass is 245 g/mol. The Morgan fingerprint density at radius 3 is 2.81 bits per heavy atom. The zero-order chi connectivity index (χ0) is 12.1.